The highest BCUT2D eigenvalue weighted by Gasteiger charge is 2.11. The molecule has 0 saturated carbocycles. The second-order valence-electron chi connectivity index (χ2n) is 3.52. The summed E-state index contributed by atoms with van der Waals surface area (Å²) in [7, 11) is 0. The van der Waals surface area contributed by atoms with Gasteiger partial charge in [-0.3, -0.25) is 0 Å². The normalized spacial score (nSPS) is 10.9. The summed E-state index contributed by atoms with van der Waals surface area (Å²) in [5, 5.41) is 0.556. The molecule has 3 N–H and O–H groups in total. The first kappa shape index (κ1) is 11.0. The monoisotopic (exact) mass is 261 g/mol. The molecule has 1 aromatic carbocycles. The van der Waals surface area contributed by atoms with Crippen molar-refractivity contribution in [2.45, 2.75) is 9.92 Å². The van der Waals surface area contributed by atoms with Gasteiger partial charge in [0.1, 0.15) is 16.4 Å². The van der Waals surface area contributed by atoms with Crippen molar-refractivity contribution < 1.29 is 4.39 Å². The third kappa shape index (κ3) is 1.88. The van der Waals surface area contributed by atoms with Gasteiger partial charge in [-0.25, -0.2) is 14.4 Å². The van der Waals surface area contributed by atoms with Crippen LogP contribution in [0.5, 0.6) is 0 Å². The molecule has 90 valence electrons. The number of H-pyrrole nitrogens is 1. The van der Waals surface area contributed by atoms with Gasteiger partial charge in [-0.1, -0.05) is 23.9 Å². The van der Waals surface area contributed by atoms with Crippen LogP contribution in [0.3, 0.4) is 0 Å². The van der Waals surface area contributed by atoms with Gasteiger partial charge in [-0.05, 0) is 12.1 Å². The van der Waals surface area contributed by atoms with Crippen molar-refractivity contribution in [1.82, 2.24) is 19.9 Å². The first-order valence-corrected chi connectivity index (χ1v) is 5.94. The molecule has 0 saturated heterocycles. The van der Waals surface area contributed by atoms with Crippen LogP contribution in [-0.4, -0.2) is 19.9 Å². The molecule has 0 aliphatic carbocycles. The summed E-state index contributed by atoms with van der Waals surface area (Å²) in [4.78, 5) is 15.5. The van der Waals surface area contributed by atoms with E-state index >= 15 is 0 Å². The Morgan fingerprint density at radius 3 is 2.89 bits per heavy atom. The van der Waals surface area contributed by atoms with Crippen LogP contribution in [0.4, 0.5) is 10.3 Å². The van der Waals surface area contributed by atoms with Crippen molar-refractivity contribution in [2.24, 2.45) is 0 Å². The lowest BCUT2D eigenvalue weighted by Gasteiger charge is -2.03. The lowest BCUT2D eigenvalue weighted by atomic mass is 10.3. The number of halogens is 1. The Bertz CT molecular complexity index is 711. The van der Waals surface area contributed by atoms with Gasteiger partial charge in [-0.15, -0.1) is 0 Å². The molecule has 0 aliphatic heterocycles. The zero-order chi connectivity index (χ0) is 12.5. The first-order valence-electron chi connectivity index (χ1n) is 5.13. The van der Waals surface area contributed by atoms with Gasteiger partial charge in [0.25, 0.3) is 0 Å². The zero-order valence-corrected chi connectivity index (χ0v) is 9.91. The molecular weight excluding hydrogens is 253 g/mol. The third-order valence-corrected chi connectivity index (χ3v) is 3.35. The third-order valence-electron chi connectivity index (χ3n) is 2.31. The van der Waals surface area contributed by atoms with E-state index in [0.29, 0.717) is 21.1 Å². The molecule has 0 bridgehead atoms. The Balaban J connectivity index is 2.10. The van der Waals surface area contributed by atoms with E-state index in [1.807, 2.05) is 0 Å². The van der Waals surface area contributed by atoms with Crippen molar-refractivity contribution in [3.8, 4) is 0 Å². The first-order chi connectivity index (χ1) is 8.74. The molecule has 0 fully saturated rings. The summed E-state index contributed by atoms with van der Waals surface area (Å²) in [6, 6.07) is 6.48. The maximum Gasteiger partial charge on any atom is 0.223 e. The van der Waals surface area contributed by atoms with Gasteiger partial charge in [0.15, 0.2) is 5.65 Å². The van der Waals surface area contributed by atoms with E-state index in [1.54, 1.807) is 18.2 Å². The minimum Gasteiger partial charge on any atom is -0.368 e. The van der Waals surface area contributed by atoms with E-state index in [1.165, 1.54) is 24.2 Å². The molecule has 3 aromatic rings. The number of nitrogen functional groups attached to an aromatic ring is 1. The summed E-state index contributed by atoms with van der Waals surface area (Å²) in [6.45, 7) is 0. The molecule has 0 unspecified atom stereocenters. The highest BCUT2D eigenvalue weighted by atomic mass is 32.2. The van der Waals surface area contributed by atoms with Gasteiger partial charge in [0.2, 0.25) is 5.95 Å². The average Bonchev–Trinajstić information content (AvgIpc) is 2.80. The Morgan fingerprint density at radius 1 is 1.22 bits per heavy atom. The Morgan fingerprint density at radius 2 is 2.06 bits per heavy atom. The fraction of sp³-hybridized carbons (Fsp3) is 0. The van der Waals surface area contributed by atoms with Gasteiger partial charge in [-0.2, -0.15) is 4.98 Å². The van der Waals surface area contributed by atoms with Crippen molar-refractivity contribution in [3.63, 3.8) is 0 Å². The lowest BCUT2D eigenvalue weighted by Crippen LogP contribution is -1.97. The molecule has 2 aromatic heterocycles. The SMILES string of the molecule is Nc1nc(Sc2ccccc2F)c2[nH]cnc2n1. The number of nitrogens with one attached hydrogen (secondary N) is 1. The number of aromatic nitrogens is 4. The fourth-order valence-electron chi connectivity index (χ4n) is 1.53. The Labute approximate surface area is 106 Å². The molecule has 0 amide bonds. The van der Waals surface area contributed by atoms with Crippen LogP contribution >= 0.6 is 11.8 Å². The van der Waals surface area contributed by atoms with Gasteiger partial charge < -0.3 is 10.7 Å². The molecule has 7 heteroatoms. The second-order valence-corrected chi connectivity index (χ2v) is 4.55. The molecular formula is C11H8FN5S. The van der Waals surface area contributed by atoms with Crippen LogP contribution in [0.25, 0.3) is 11.2 Å². The maximum atomic E-state index is 13.6. The van der Waals surface area contributed by atoms with Gasteiger partial charge >= 0.3 is 0 Å². The van der Waals surface area contributed by atoms with Crippen molar-refractivity contribution in [3.05, 3.63) is 36.4 Å². The largest absolute Gasteiger partial charge is 0.368 e. The smallest absolute Gasteiger partial charge is 0.223 e. The number of aromatic amines is 1. The minimum atomic E-state index is -0.299. The van der Waals surface area contributed by atoms with E-state index in [2.05, 4.69) is 19.9 Å². The van der Waals surface area contributed by atoms with E-state index in [4.69, 9.17) is 5.73 Å². The Kier molecular flexibility index (Phi) is 2.60. The summed E-state index contributed by atoms with van der Waals surface area (Å²) < 4.78 is 13.6. The molecule has 0 radical (unpaired) electrons. The fourth-order valence-corrected chi connectivity index (χ4v) is 2.44. The number of rotatable bonds is 2. The number of nitrogens with two attached hydrogens (primary N) is 1. The van der Waals surface area contributed by atoms with Crippen LogP contribution in [0.2, 0.25) is 0 Å². The Hall–Kier alpha value is -2.15. The zero-order valence-electron chi connectivity index (χ0n) is 9.09. The molecule has 2 heterocycles. The van der Waals surface area contributed by atoms with Crippen LogP contribution in [-0.2, 0) is 0 Å². The quantitative estimate of drug-likeness (QED) is 0.691. The minimum absolute atomic E-state index is 0.119. The second kappa shape index (κ2) is 4.26. The molecule has 18 heavy (non-hydrogen) atoms. The number of fused-ring (bicyclic) bond motifs is 1. The molecule has 5 nitrogen and oxygen atoms in total. The van der Waals surface area contributed by atoms with Crippen LogP contribution in [0.15, 0.2) is 40.5 Å². The number of hydrogen-bond acceptors (Lipinski definition) is 5. The predicted molar refractivity (Wildman–Crippen MR) is 66.6 cm³/mol. The lowest BCUT2D eigenvalue weighted by molar-refractivity contribution is 0.602. The van der Waals surface area contributed by atoms with E-state index in [0.717, 1.165) is 0 Å². The number of imidazole rings is 1. The average molecular weight is 261 g/mol. The summed E-state index contributed by atoms with van der Waals surface area (Å²) >= 11 is 1.19. The number of anilines is 1. The van der Waals surface area contributed by atoms with Crippen molar-refractivity contribution in [1.29, 1.82) is 0 Å². The molecule has 3 rings (SSSR count). The number of hydrogen-bond donors (Lipinski definition) is 2. The topological polar surface area (TPSA) is 80.5 Å². The van der Waals surface area contributed by atoms with Crippen LogP contribution in [0, 0.1) is 5.82 Å². The standard InChI is InChI=1S/C11H8FN5S/c12-6-3-1-2-4-7(6)18-10-8-9(15-5-14-8)16-11(13)17-10/h1-5H,(H3,13,14,15,16,17). The summed E-state index contributed by atoms with van der Waals surface area (Å²) in [5.74, 6) is -0.180. The van der Waals surface area contributed by atoms with E-state index in [-0.39, 0.29) is 11.8 Å². The predicted octanol–water partition coefficient (Wildman–Crippen LogP) is 2.23. The molecule has 0 spiro atoms. The van der Waals surface area contributed by atoms with Gasteiger partial charge in [0, 0.05) is 4.90 Å². The van der Waals surface area contributed by atoms with Crippen LogP contribution in [0.1, 0.15) is 0 Å². The van der Waals surface area contributed by atoms with Gasteiger partial charge in [0.05, 0.1) is 6.33 Å². The van der Waals surface area contributed by atoms with Crippen molar-refractivity contribution in [2.75, 3.05) is 5.73 Å². The van der Waals surface area contributed by atoms with Crippen LogP contribution < -0.4 is 5.73 Å². The number of nitrogens with zero attached hydrogens (tertiary/aromatic N) is 3. The number of benzene rings is 1. The molecule has 0 aliphatic rings. The van der Waals surface area contributed by atoms with E-state index in [9.17, 15) is 4.39 Å². The van der Waals surface area contributed by atoms with Crippen molar-refractivity contribution >= 4 is 28.9 Å². The van der Waals surface area contributed by atoms with E-state index < -0.39 is 0 Å². The highest BCUT2D eigenvalue weighted by molar-refractivity contribution is 7.99. The summed E-state index contributed by atoms with van der Waals surface area (Å²) in [6.07, 6.45) is 1.50. The maximum absolute atomic E-state index is 13.6. The summed E-state index contributed by atoms with van der Waals surface area (Å²) in [5.41, 5.74) is 6.72. The highest BCUT2D eigenvalue weighted by Crippen LogP contribution is 2.31. The molecule has 0 atom stereocenters.